The molecule has 0 N–H and O–H groups in total. The Balaban J connectivity index is 2.93. The largest absolute Gasteiger partial charge is 0.478 e. The minimum atomic E-state index is -4.69. The summed E-state index contributed by atoms with van der Waals surface area (Å²) in [6.45, 7) is -1.80. The van der Waals surface area contributed by atoms with Crippen molar-refractivity contribution < 1.29 is 31.5 Å². The van der Waals surface area contributed by atoms with E-state index in [9.17, 15) is 26.7 Å². The molecule has 0 radical (unpaired) electrons. The molecular weight excluding hydrogens is 235 g/mol. The molecule has 0 aliphatic rings. The zero-order chi connectivity index (χ0) is 12.3. The minimum Gasteiger partial charge on any atom is -0.478 e. The van der Waals surface area contributed by atoms with Crippen LogP contribution in [0.25, 0.3) is 0 Å². The lowest BCUT2D eigenvalue weighted by Gasteiger charge is -2.10. The molecule has 0 unspecified atom stereocenters. The molecule has 1 aromatic carbocycles. The van der Waals surface area contributed by atoms with Gasteiger partial charge in [-0.25, -0.2) is 8.78 Å². The standard InChI is InChI=1S/C9H5F5O2/c10-6-1-5(3-15)2-7(11)8(6)16-4-9(12,13)14/h1-3H,4H2. The summed E-state index contributed by atoms with van der Waals surface area (Å²) in [5.41, 5.74) is -0.325. The van der Waals surface area contributed by atoms with Crippen LogP contribution in [0.15, 0.2) is 12.1 Å². The van der Waals surface area contributed by atoms with E-state index >= 15 is 0 Å². The van der Waals surface area contributed by atoms with Gasteiger partial charge in [0.1, 0.15) is 6.29 Å². The van der Waals surface area contributed by atoms with Crippen LogP contribution in [0.3, 0.4) is 0 Å². The molecule has 0 saturated carbocycles. The minimum absolute atomic E-state index is 0.166. The lowest BCUT2D eigenvalue weighted by Crippen LogP contribution is -2.20. The normalized spacial score (nSPS) is 11.3. The van der Waals surface area contributed by atoms with Crippen LogP contribution in [0.1, 0.15) is 10.4 Å². The van der Waals surface area contributed by atoms with Gasteiger partial charge in [-0.3, -0.25) is 4.79 Å². The number of hydrogen-bond acceptors (Lipinski definition) is 2. The summed E-state index contributed by atoms with van der Waals surface area (Å²) in [4.78, 5) is 10.2. The number of aldehydes is 1. The van der Waals surface area contributed by atoms with Crippen molar-refractivity contribution in [2.75, 3.05) is 6.61 Å². The molecule has 0 saturated heterocycles. The van der Waals surface area contributed by atoms with Crippen molar-refractivity contribution in [3.63, 3.8) is 0 Å². The van der Waals surface area contributed by atoms with Gasteiger partial charge in [0.05, 0.1) is 0 Å². The summed E-state index contributed by atoms with van der Waals surface area (Å²) in [5.74, 6) is -3.86. The third kappa shape index (κ3) is 3.18. The summed E-state index contributed by atoms with van der Waals surface area (Å²) in [6.07, 6.45) is -4.53. The quantitative estimate of drug-likeness (QED) is 0.599. The lowest BCUT2D eigenvalue weighted by atomic mass is 10.2. The highest BCUT2D eigenvalue weighted by molar-refractivity contribution is 5.75. The molecular formula is C9H5F5O2. The maximum Gasteiger partial charge on any atom is 0.422 e. The first kappa shape index (κ1) is 12.4. The number of ether oxygens (including phenoxy) is 1. The van der Waals surface area contributed by atoms with E-state index < -0.39 is 30.2 Å². The van der Waals surface area contributed by atoms with E-state index in [2.05, 4.69) is 4.74 Å². The first-order chi connectivity index (χ1) is 7.33. The molecule has 0 spiro atoms. The van der Waals surface area contributed by atoms with Crippen molar-refractivity contribution in [3.05, 3.63) is 29.3 Å². The second-order valence-electron chi connectivity index (χ2n) is 2.84. The lowest BCUT2D eigenvalue weighted by molar-refractivity contribution is -0.154. The highest BCUT2D eigenvalue weighted by atomic mass is 19.4. The molecule has 2 nitrogen and oxygen atoms in total. The number of benzene rings is 1. The molecule has 0 aliphatic heterocycles. The Kier molecular flexibility index (Phi) is 3.46. The van der Waals surface area contributed by atoms with Crippen LogP contribution in [0.4, 0.5) is 22.0 Å². The van der Waals surface area contributed by atoms with Gasteiger partial charge in [-0.1, -0.05) is 0 Å². The molecule has 16 heavy (non-hydrogen) atoms. The van der Waals surface area contributed by atoms with Gasteiger partial charge in [0.25, 0.3) is 0 Å². The fraction of sp³-hybridized carbons (Fsp3) is 0.222. The van der Waals surface area contributed by atoms with Gasteiger partial charge in [-0.05, 0) is 12.1 Å². The fourth-order valence-electron chi connectivity index (χ4n) is 0.939. The van der Waals surface area contributed by atoms with Gasteiger partial charge in [0, 0.05) is 5.56 Å². The first-order valence-electron chi connectivity index (χ1n) is 3.97. The average Bonchev–Trinajstić information content (AvgIpc) is 2.14. The molecule has 1 rings (SSSR count). The van der Waals surface area contributed by atoms with Gasteiger partial charge < -0.3 is 4.74 Å². The van der Waals surface area contributed by atoms with E-state index in [0.717, 1.165) is 0 Å². The maximum absolute atomic E-state index is 13.0. The zero-order valence-electron chi connectivity index (χ0n) is 7.65. The van der Waals surface area contributed by atoms with Gasteiger partial charge >= 0.3 is 6.18 Å². The van der Waals surface area contributed by atoms with Crippen molar-refractivity contribution >= 4 is 6.29 Å². The van der Waals surface area contributed by atoms with Crippen LogP contribution < -0.4 is 4.74 Å². The number of hydrogen-bond donors (Lipinski definition) is 0. The smallest absolute Gasteiger partial charge is 0.422 e. The molecule has 0 heterocycles. The van der Waals surface area contributed by atoms with Gasteiger partial charge in [0.2, 0.25) is 0 Å². The van der Waals surface area contributed by atoms with Gasteiger partial charge in [0.15, 0.2) is 24.0 Å². The summed E-state index contributed by atoms with van der Waals surface area (Å²) in [5, 5.41) is 0. The predicted octanol–water partition coefficient (Wildman–Crippen LogP) is 2.72. The second kappa shape index (κ2) is 4.46. The molecule has 1 aromatic rings. The Morgan fingerprint density at radius 1 is 1.19 bits per heavy atom. The molecule has 0 aliphatic carbocycles. The summed E-state index contributed by atoms with van der Waals surface area (Å²) in [7, 11) is 0. The van der Waals surface area contributed by atoms with E-state index in [1.54, 1.807) is 0 Å². The van der Waals surface area contributed by atoms with Crippen molar-refractivity contribution in [1.29, 1.82) is 0 Å². The number of alkyl halides is 3. The van der Waals surface area contributed by atoms with E-state index in [-0.39, 0.29) is 11.8 Å². The summed E-state index contributed by atoms with van der Waals surface area (Å²) < 4.78 is 65.1. The predicted molar refractivity (Wildman–Crippen MR) is 43.3 cm³/mol. The first-order valence-corrected chi connectivity index (χ1v) is 3.97. The molecule has 0 aromatic heterocycles. The highest BCUT2D eigenvalue weighted by Gasteiger charge is 2.29. The number of carbonyl (C=O) groups excluding carboxylic acids is 1. The van der Waals surface area contributed by atoms with Gasteiger partial charge in [-0.15, -0.1) is 0 Å². The topological polar surface area (TPSA) is 26.3 Å². The number of carbonyl (C=O) groups is 1. The van der Waals surface area contributed by atoms with Crippen LogP contribution in [0.5, 0.6) is 5.75 Å². The van der Waals surface area contributed by atoms with Crippen LogP contribution in [-0.2, 0) is 0 Å². The molecule has 0 bridgehead atoms. The second-order valence-corrected chi connectivity index (χ2v) is 2.84. The Morgan fingerprint density at radius 3 is 2.06 bits per heavy atom. The molecule has 7 heteroatoms. The van der Waals surface area contributed by atoms with Crippen molar-refractivity contribution in [2.45, 2.75) is 6.18 Å². The SMILES string of the molecule is O=Cc1cc(F)c(OCC(F)(F)F)c(F)c1. The van der Waals surface area contributed by atoms with E-state index in [4.69, 9.17) is 0 Å². The van der Waals surface area contributed by atoms with Gasteiger partial charge in [-0.2, -0.15) is 13.2 Å². The average molecular weight is 240 g/mol. The maximum atomic E-state index is 13.0. The molecule has 88 valence electrons. The highest BCUT2D eigenvalue weighted by Crippen LogP contribution is 2.25. The van der Waals surface area contributed by atoms with Crippen molar-refractivity contribution in [2.24, 2.45) is 0 Å². The third-order valence-corrected chi connectivity index (χ3v) is 1.54. The summed E-state index contributed by atoms with van der Waals surface area (Å²) in [6, 6.07) is 1.17. The monoisotopic (exact) mass is 240 g/mol. The van der Waals surface area contributed by atoms with Crippen LogP contribution in [0.2, 0.25) is 0 Å². The molecule has 0 fully saturated rings. The Hall–Kier alpha value is -1.66. The number of rotatable bonds is 3. The number of halogens is 5. The van der Waals surface area contributed by atoms with Crippen molar-refractivity contribution in [3.8, 4) is 5.75 Å². The fourth-order valence-corrected chi connectivity index (χ4v) is 0.939. The molecule has 0 amide bonds. The van der Waals surface area contributed by atoms with E-state index in [1.807, 2.05) is 0 Å². The van der Waals surface area contributed by atoms with Crippen LogP contribution in [0, 0.1) is 11.6 Å². The Labute approximate surface area is 86.6 Å². The van der Waals surface area contributed by atoms with Crippen LogP contribution in [-0.4, -0.2) is 19.1 Å². The Morgan fingerprint density at radius 2 is 1.69 bits per heavy atom. The molecule has 0 atom stereocenters. The van der Waals surface area contributed by atoms with E-state index in [1.165, 1.54) is 0 Å². The van der Waals surface area contributed by atoms with E-state index in [0.29, 0.717) is 12.1 Å². The third-order valence-electron chi connectivity index (χ3n) is 1.54. The Bertz CT molecular complexity index is 376. The van der Waals surface area contributed by atoms with Crippen molar-refractivity contribution in [1.82, 2.24) is 0 Å². The zero-order valence-corrected chi connectivity index (χ0v) is 7.65. The van der Waals surface area contributed by atoms with Crippen LogP contribution >= 0.6 is 0 Å². The summed E-state index contributed by atoms with van der Waals surface area (Å²) >= 11 is 0.